The Balaban J connectivity index is 1.24. The number of thiazole rings is 1. The molecule has 2 aliphatic heterocycles. The van der Waals surface area contributed by atoms with Crippen molar-refractivity contribution in [3.05, 3.63) is 59.1 Å². The maximum atomic E-state index is 13.0. The van der Waals surface area contributed by atoms with Gasteiger partial charge in [0.2, 0.25) is 11.8 Å². The van der Waals surface area contributed by atoms with E-state index in [1.54, 1.807) is 11.3 Å². The topological polar surface area (TPSA) is 53.5 Å². The molecule has 5 rings (SSSR count). The Kier molecular flexibility index (Phi) is 5.25. The van der Waals surface area contributed by atoms with Crippen molar-refractivity contribution in [2.75, 3.05) is 24.5 Å². The SMILES string of the molecule is O=C(Cc1ccc(N2CCCC2=O)cc1)N1CCC[C@H](c2nc3ccccc3s2)C1. The quantitative estimate of drug-likeness (QED) is 0.631. The third-order valence-electron chi connectivity index (χ3n) is 6.11. The van der Waals surface area contributed by atoms with Gasteiger partial charge < -0.3 is 9.80 Å². The van der Waals surface area contributed by atoms with Gasteiger partial charge in [0.15, 0.2) is 0 Å². The van der Waals surface area contributed by atoms with Gasteiger partial charge in [0.05, 0.1) is 21.6 Å². The van der Waals surface area contributed by atoms with Crippen molar-refractivity contribution in [2.45, 2.75) is 38.0 Å². The fourth-order valence-corrected chi connectivity index (χ4v) is 5.56. The van der Waals surface area contributed by atoms with Crippen molar-refractivity contribution in [3.63, 3.8) is 0 Å². The molecule has 1 atom stereocenters. The van der Waals surface area contributed by atoms with Gasteiger partial charge in [0.25, 0.3) is 0 Å². The number of benzene rings is 2. The Bertz CT molecular complexity index is 1040. The summed E-state index contributed by atoms with van der Waals surface area (Å²) in [4.78, 5) is 33.5. The number of fused-ring (bicyclic) bond motifs is 1. The Hall–Kier alpha value is -2.73. The van der Waals surface area contributed by atoms with E-state index in [0.717, 1.165) is 60.7 Å². The lowest BCUT2D eigenvalue weighted by atomic mass is 9.98. The van der Waals surface area contributed by atoms with Crippen LogP contribution < -0.4 is 4.90 Å². The van der Waals surface area contributed by atoms with Crippen LogP contribution in [0.1, 0.15) is 42.2 Å². The first-order valence-electron chi connectivity index (χ1n) is 10.7. The van der Waals surface area contributed by atoms with Crippen LogP contribution in [0.4, 0.5) is 5.69 Å². The third-order valence-corrected chi connectivity index (χ3v) is 7.31. The monoisotopic (exact) mass is 419 g/mol. The molecule has 154 valence electrons. The average molecular weight is 420 g/mol. The second-order valence-electron chi connectivity index (χ2n) is 8.19. The van der Waals surface area contributed by atoms with Crippen LogP contribution in [0.3, 0.4) is 0 Å². The standard InChI is InChI=1S/C24H25N3O2S/c28-22-8-4-14-27(22)19-11-9-17(10-12-19)15-23(29)26-13-3-5-18(16-26)24-25-20-6-1-2-7-21(20)30-24/h1-2,6-7,9-12,18H,3-5,8,13-16H2/t18-/m0/s1. The lowest BCUT2D eigenvalue weighted by Gasteiger charge is -2.32. The number of piperidine rings is 1. The van der Waals surface area contributed by atoms with E-state index < -0.39 is 0 Å². The summed E-state index contributed by atoms with van der Waals surface area (Å²) in [5, 5.41) is 1.15. The highest BCUT2D eigenvalue weighted by Crippen LogP contribution is 2.33. The zero-order valence-electron chi connectivity index (χ0n) is 16.9. The van der Waals surface area contributed by atoms with E-state index in [2.05, 4.69) is 12.1 Å². The summed E-state index contributed by atoms with van der Waals surface area (Å²) in [6, 6.07) is 16.1. The molecule has 2 aliphatic rings. The minimum absolute atomic E-state index is 0.172. The number of hydrogen-bond acceptors (Lipinski definition) is 4. The molecule has 0 N–H and O–H groups in total. The van der Waals surface area contributed by atoms with Crippen molar-refractivity contribution >= 4 is 39.1 Å². The van der Waals surface area contributed by atoms with Gasteiger partial charge in [-0.3, -0.25) is 9.59 Å². The summed E-state index contributed by atoms with van der Waals surface area (Å²) in [6.45, 7) is 2.36. The van der Waals surface area contributed by atoms with Gasteiger partial charge in [-0.05, 0) is 49.1 Å². The van der Waals surface area contributed by atoms with Crippen LogP contribution in [0.15, 0.2) is 48.5 Å². The number of amides is 2. The molecule has 0 spiro atoms. The minimum atomic E-state index is 0.172. The first-order valence-corrected chi connectivity index (χ1v) is 11.5. The Morgan fingerprint density at radius 3 is 2.67 bits per heavy atom. The molecule has 6 heteroatoms. The van der Waals surface area contributed by atoms with E-state index in [-0.39, 0.29) is 11.8 Å². The van der Waals surface area contributed by atoms with Crippen molar-refractivity contribution in [1.29, 1.82) is 0 Å². The smallest absolute Gasteiger partial charge is 0.227 e. The molecule has 0 bridgehead atoms. The van der Waals surface area contributed by atoms with E-state index in [0.29, 0.717) is 18.8 Å². The van der Waals surface area contributed by atoms with Gasteiger partial charge in [-0.2, -0.15) is 0 Å². The minimum Gasteiger partial charge on any atom is -0.342 e. The van der Waals surface area contributed by atoms with Crippen LogP contribution >= 0.6 is 11.3 Å². The predicted octanol–water partition coefficient (Wildman–Crippen LogP) is 4.37. The van der Waals surface area contributed by atoms with Gasteiger partial charge >= 0.3 is 0 Å². The number of nitrogens with zero attached hydrogens (tertiary/aromatic N) is 3. The molecular weight excluding hydrogens is 394 g/mol. The molecule has 3 aromatic rings. The molecule has 5 nitrogen and oxygen atoms in total. The third kappa shape index (κ3) is 3.84. The fraction of sp³-hybridized carbons (Fsp3) is 0.375. The summed E-state index contributed by atoms with van der Waals surface area (Å²) >= 11 is 1.75. The highest BCUT2D eigenvalue weighted by molar-refractivity contribution is 7.18. The summed E-state index contributed by atoms with van der Waals surface area (Å²) in [6.07, 6.45) is 4.06. The van der Waals surface area contributed by atoms with Crippen molar-refractivity contribution < 1.29 is 9.59 Å². The molecule has 1 aromatic heterocycles. The average Bonchev–Trinajstić information content (AvgIpc) is 3.40. The molecule has 0 saturated carbocycles. The zero-order valence-corrected chi connectivity index (χ0v) is 17.7. The summed E-state index contributed by atoms with van der Waals surface area (Å²) in [7, 11) is 0. The van der Waals surface area contributed by atoms with Crippen LogP contribution in [0.25, 0.3) is 10.2 Å². The number of carbonyl (C=O) groups excluding carboxylic acids is 2. The molecule has 30 heavy (non-hydrogen) atoms. The highest BCUT2D eigenvalue weighted by atomic mass is 32.1. The predicted molar refractivity (Wildman–Crippen MR) is 120 cm³/mol. The molecule has 2 fully saturated rings. The van der Waals surface area contributed by atoms with Crippen LogP contribution in [0, 0.1) is 0 Å². The summed E-state index contributed by atoms with van der Waals surface area (Å²) in [5.74, 6) is 0.683. The Morgan fingerprint density at radius 1 is 1.07 bits per heavy atom. The molecular formula is C24H25N3O2S. The van der Waals surface area contributed by atoms with Gasteiger partial charge in [-0.25, -0.2) is 4.98 Å². The fourth-order valence-electron chi connectivity index (χ4n) is 4.47. The molecule has 0 radical (unpaired) electrons. The van der Waals surface area contributed by atoms with E-state index in [1.165, 1.54) is 4.70 Å². The van der Waals surface area contributed by atoms with Crippen molar-refractivity contribution in [3.8, 4) is 0 Å². The van der Waals surface area contributed by atoms with E-state index in [9.17, 15) is 9.59 Å². The van der Waals surface area contributed by atoms with E-state index in [4.69, 9.17) is 4.98 Å². The van der Waals surface area contributed by atoms with Gasteiger partial charge in [0.1, 0.15) is 0 Å². The lowest BCUT2D eigenvalue weighted by Crippen LogP contribution is -2.39. The number of hydrogen-bond donors (Lipinski definition) is 0. The largest absolute Gasteiger partial charge is 0.342 e. The Morgan fingerprint density at radius 2 is 1.90 bits per heavy atom. The number of likely N-dealkylation sites (tertiary alicyclic amines) is 1. The highest BCUT2D eigenvalue weighted by Gasteiger charge is 2.27. The molecule has 2 aromatic carbocycles. The first kappa shape index (κ1) is 19.2. The summed E-state index contributed by atoms with van der Waals surface area (Å²) in [5.41, 5.74) is 2.98. The van der Waals surface area contributed by atoms with Gasteiger partial charge in [-0.1, -0.05) is 24.3 Å². The van der Waals surface area contributed by atoms with Crippen LogP contribution in [0.5, 0.6) is 0 Å². The molecule has 0 unspecified atom stereocenters. The second-order valence-corrected chi connectivity index (χ2v) is 9.25. The van der Waals surface area contributed by atoms with E-state index in [1.807, 2.05) is 46.2 Å². The number of aromatic nitrogens is 1. The van der Waals surface area contributed by atoms with E-state index >= 15 is 0 Å². The van der Waals surface area contributed by atoms with Gasteiger partial charge in [0, 0.05) is 37.7 Å². The maximum absolute atomic E-state index is 13.0. The van der Waals surface area contributed by atoms with Gasteiger partial charge in [-0.15, -0.1) is 11.3 Å². The molecule has 3 heterocycles. The summed E-state index contributed by atoms with van der Waals surface area (Å²) < 4.78 is 1.22. The lowest BCUT2D eigenvalue weighted by molar-refractivity contribution is -0.131. The molecule has 2 saturated heterocycles. The second kappa shape index (κ2) is 8.19. The molecule has 2 amide bonds. The number of rotatable bonds is 4. The van der Waals surface area contributed by atoms with Crippen molar-refractivity contribution in [2.24, 2.45) is 0 Å². The number of para-hydroxylation sites is 1. The number of anilines is 1. The first-order chi connectivity index (χ1) is 14.7. The zero-order chi connectivity index (χ0) is 20.5. The van der Waals surface area contributed by atoms with Crippen LogP contribution in [0.2, 0.25) is 0 Å². The molecule has 0 aliphatic carbocycles. The van der Waals surface area contributed by atoms with Crippen molar-refractivity contribution in [1.82, 2.24) is 9.88 Å². The normalized spacial score (nSPS) is 19.6. The number of carbonyl (C=O) groups is 2. The Labute approximate surface area is 180 Å². The van der Waals surface area contributed by atoms with Crippen LogP contribution in [-0.2, 0) is 16.0 Å². The maximum Gasteiger partial charge on any atom is 0.227 e. The van der Waals surface area contributed by atoms with Crippen LogP contribution in [-0.4, -0.2) is 41.3 Å².